The number of ether oxygens (including phenoxy) is 2. The summed E-state index contributed by atoms with van der Waals surface area (Å²) in [5.74, 6) is -2.75. The van der Waals surface area contributed by atoms with Gasteiger partial charge in [-0.1, -0.05) is 0 Å². The minimum Gasteiger partial charge on any atom is -0.369 e. The van der Waals surface area contributed by atoms with Gasteiger partial charge in [-0.05, 0) is 6.42 Å². The molecule has 4 heteroatoms. The van der Waals surface area contributed by atoms with Crippen LogP contribution in [-0.2, 0) is 9.47 Å². The van der Waals surface area contributed by atoms with E-state index >= 15 is 0 Å². The van der Waals surface area contributed by atoms with Gasteiger partial charge in [-0.3, -0.25) is 0 Å². The summed E-state index contributed by atoms with van der Waals surface area (Å²) in [6.45, 7) is -0.0622. The van der Waals surface area contributed by atoms with Gasteiger partial charge in [0.15, 0.2) is 0 Å². The lowest BCUT2D eigenvalue weighted by molar-refractivity contribution is -0.0942. The van der Waals surface area contributed by atoms with Crippen molar-refractivity contribution in [1.29, 1.82) is 0 Å². The van der Waals surface area contributed by atoms with Gasteiger partial charge in [-0.15, -0.1) is 0 Å². The third-order valence-corrected chi connectivity index (χ3v) is 1.94. The molecule has 0 aromatic carbocycles. The fourth-order valence-electron chi connectivity index (χ4n) is 1.43. The van der Waals surface area contributed by atoms with Crippen molar-refractivity contribution >= 4 is 0 Å². The zero-order valence-electron chi connectivity index (χ0n) is 5.35. The van der Waals surface area contributed by atoms with Crippen molar-refractivity contribution in [2.75, 3.05) is 13.2 Å². The van der Waals surface area contributed by atoms with Crippen molar-refractivity contribution in [2.24, 2.45) is 0 Å². The summed E-state index contributed by atoms with van der Waals surface area (Å²) < 4.78 is 34.9. The molecule has 0 spiro atoms. The first kappa shape index (κ1) is 6.49. The highest BCUT2D eigenvalue weighted by Crippen LogP contribution is 2.37. The molecule has 2 saturated heterocycles. The van der Waals surface area contributed by atoms with Crippen LogP contribution in [0.15, 0.2) is 0 Å². The van der Waals surface area contributed by atoms with E-state index in [2.05, 4.69) is 0 Å². The Labute approximate surface area is 57.1 Å². The Morgan fingerprint density at radius 3 is 2.80 bits per heavy atom. The van der Waals surface area contributed by atoms with Crippen LogP contribution in [0.2, 0.25) is 0 Å². The average Bonchev–Trinajstić information content (AvgIpc) is 2.36. The van der Waals surface area contributed by atoms with Crippen molar-refractivity contribution < 1.29 is 18.3 Å². The molecule has 2 fully saturated rings. The highest BCUT2D eigenvalue weighted by Gasteiger charge is 2.54. The maximum atomic E-state index is 12.6. The molecule has 2 rings (SSSR count). The monoisotopic (exact) mass is 150 g/mol. The second-order valence-corrected chi connectivity index (χ2v) is 2.69. The smallest absolute Gasteiger partial charge is 0.299 e. The van der Waals surface area contributed by atoms with E-state index < -0.39 is 18.6 Å². The second kappa shape index (κ2) is 1.89. The van der Waals surface area contributed by atoms with Gasteiger partial charge in [0.2, 0.25) is 0 Å². The van der Waals surface area contributed by atoms with E-state index in [4.69, 9.17) is 9.47 Å². The first-order chi connectivity index (χ1) is 4.70. The quantitative estimate of drug-likeness (QED) is 0.508. The van der Waals surface area contributed by atoms with Crippen LogP contribution < -0.4 is 0 Å². The fraction of sp³-hybridized carbons (Fsp3) is 1.00. The molecule has 0 aromatic heterocycles. The average molecular weight is 150 g/mol. The number of halogens is 2. The van der Waals surface area contributed by atoms with E-state index in [1.54, 1.807) is 0 Å². The van der Waals surface area contributed by atoms with Crippen molar-refractivity contribution in [3.05, 3.63) is 0 Å². The predicted octanol–water partition coefficient (Wildman–Crippen LogP) is 0.809. The van der Waals surface area contributed by atoms with E-state index in [1.165, 1.54) is 0 Å². The number of alkyl halides is 2. The van der Waals surface area contributed by atoms with Gasteiger partial charge in [-0.25, -0.2) is 8.78 Å². The van der Waals surface area contributed by atoms with Crippen LogP contribution in [0.3, 0.4) is 0 Å². The molecule has 10 heavy (non-hydrogen) atoms. The van der Waals surface area contributed by atoms with Gasteiger partial charge in [0.25, 0.3) is 5.92 Å². The summed E-state index contributed by atoms with van der Waals surface area (Å²) in [5, 5.41) is 0. The van der Waals surface area contributed by atoms with E-state index in [9.17, 15) is 8.78 Å². The highest BCUT2D eigenvalue weighted by atomic mass is 19.3. The van der Waals surface area contributed by atoms with Crippen LogP contribution in [-0.4, -0.2) is 31.3 Å². The number of fused-ring (bicyclic) bond motifs is 1. The predicted molar refractivity (Wildman–Crippen MR) is 29.0 cm³/mol. The highest BCUT2D eigenvalue weighted by molar-refractivity contribution is 4.94. The second-order valence-electron chi connectivity index (χ2n) is 2.69. The molecule has 2 heterocycles. The van der Waals surface area contributed by atoms with Gasteiger partial charge in [-0.2, -0.15) is 0 Å². The Balaban J connectivity index is 2.16. The molecular weight excluding hydrogens is 142 g/mol. The first-order valence-electron chi connectivity index (χ1n) is 3.31. The summed E-state index contributed by atoms with van der Waals surface area (Å²) in [4.78, 5) is 0. The summed E-state index contributed by atoms with van der Waals surface area (Å²) in [6.07, 6.45) is -0.706. The van der Waals surface area contributed by atoms with Crippen molar-refractivity contribution in [3.63, 3.8) is 0 Å². The Morgan fingerprint density at radius 2 is 2.10 bits per heavy atom. The van der Waals surface area contributed by atoms with Crippen molar-refractivity contribution in [3.8, 4) is 0 Å². The molecular formula is C6H8F2O2. The molecule has 0 N–H and O–H groups in total. The molecule has 0 saturated carbocycles. The Bertz CT molecular complexity index is 149. The fourth-order valence-corrected chi connectivity index (χ4v) is 1.43. The lowest BCUT2D eigenvalue weighted by Gasteiger charge is -2.13. The van der Waals surface area contributed by atoms with Crippen LogP contribution in [0.5, 0.6) is 0 Å². The Kier molecular flexibility index (Phi) is 1.22. The molecule has 2 aliphatic heterocycles. The van der Waals surface area contributed by atoms with E-state index in [0.717, 1.165) is 0 Å². The lowest BCUT2D eigenvalue weighted by Crippen LogP contribution is -2.33. The summed E-state index contributed by atoms with van der Waals surface area (Å²) in [5.41, 5.74) is 0. The van der Waals surface area contributed by atoms with Crippen molar-refractivity contribution in [1.82, 2.24) is 0 Å². The summed E-state index contributed by atoms with van der Waals surface area (Å²) in [7, 11) is 0. The summed E-state index contributed by atoms with van der Waals surface area (Å²) in [6, 6.07) is 0. The molecule has 2 aliphatic rings. The minimum absolute atomic E-state index is 0.352. The van der Waals surface area contributed by atoms with Gasteiger partial charge in [0.1, 0.15) is 12.7 Å². The summed E-state index contributed by atoms with van der Waals surface area (Å²) >= 11 is 0. The van der Waals surface area contributed by atoms with Gasteiger partial charge >= 0.3 is 0 Å². The van der Waals surface area contributed by atoms with Crippen LogP contribution >= 0.6 is 0 Å². The maximum absolute atomic E-state index is 12.6. The molecule has 0 radical (unpaired) electrons. The molecule has 0 bridgehead atoms. The van der Waals surface area contributed by atoms with Gasteiger partial charge in [0, 0.05) is 6.61 Å². The normalized spacial score (nSPS) is 43.8. The molecule has 0 aromatic rings. The van der Waals surface area contributed by atoms with E-state index in [-0.39, 0.29) is 6.10 Å². The topological polar surface area (TPSA) is 18.5 Å². The van der Waals surface area contributed by atoms with Gasteiger partial charge < -0.3 is 9.47 Å². The third kappa shape index (κ3) is 0.754. The maximum Gasteiger partial charge on any atom is 0.299 e. The number of hydrogen-bond donors (Lipinski definition) is 0. The first-order valence-corrected chi connectivity index (χ1v) is 3.31. The molecule has 0 unspecified atom stereocenters. The van der Waals surface area contributed by atoms with Crippen LogP contribution in [0.1, 0.15) is 6.42 Å². The molecule has 58 valence electrons. The molecule has 2 atom stereocenters. The molecule has 0 amide bonds. The SMILES string of the molecule is FC1(F)CO[C@@H]2CCO[C@@H]21. The largest absolute Gasteiger partial charge is 0.369 e. The Morgan fingerprint density at radius 1 is 1.30 bits per heavy atom. The van der Waals surface area contributed by atoms with Gasteiger partial charge in [0.05, 0.1) is 6.10 Å². The standard InChI is InChI=1S/C6H8F2O2/c7-6(8)3-10-4-1-2-9-5(4)6/h4-5H,1-3H2/t4-,5+/m1/s1. The molecule has 2 nitrogen and oxygen atoms in total. The zero-order valence-corrected chi connectivity index (χ0v) is 5.35. The van der Waals surface area contributed by atoms with Crippen LogP contribution in [0.25, 0.3) is 0 Å². The van der Waals surface area contributed by atoms with Crippen LogP contribution in [0, 0.1) is 0 Å². The Hall–Kier alpha value is -0.220. The van der Waals surface area contributed by atoms with Crippen molar-refractivity contribution in [2.45, 2.75) is 24.6 Å². The zero-order chi connectivity index (χ0) is 7.19. The van der Waals surface area contributed by atoms with E-state index in [0.29, 0.717) is 13.0 Å². The lowest BCUT2D eigenvalue weighted by atomic mass is 10.1. The number of hydrogen-bond acceptors (Lipinski definition) is 2. The van der Waals surface area contributed by atoms with Crippen LogP contribution in [0.4, 0.5) is 8.78 Å². The number of rotatable bonds is 0. The third-order valence-electron chi connectivity index (χ3n) is 1.94. The minimum atomic E-state index is -2.75. The molecule has 0 aliphatic carbocycles. The van der Waals surface area contributed by atoms with E-state index in [1.807, 2.05) is 0 Å².